The summed E-state index contributed by atoms with van der Waals surface area (Å²) in [4.78, 5) is 23.8. The van der Waals surface area contributed by atoms with Crippen molar-refractivity contribution in [3.63, 3.8) is 0 Å². The summed E-state index contributed by atoms with van der Waals surface area (Å²) >= 11 is 0. The van der Waals surface area contributed by atoms with E-state index in [1.54, 1.807) is 6.07 Å². The number of rotatable bonds is 5. The number of anilines is 1. The summed E-state index contributed by atoms with van der Waals surface area (Å²) in [6.07, 6.45) is 0. The highest BCUT2D eigenvalue weighted by Gasteiger charge is 2.08. The molecule has 28 heavy (non-hydrogen) atoms. The molecule has 0 aliphatic heterocycles. The number of urea groups is 1. The van der Waals surface area contributed by atoms with E-state index in [0.717, 1.165) is 29.3 Å². The van der Waals surface area contributed by atoms with Crippen LogP contribution in [0.1, 0.15) is 5.56 Å². The van der Waals surface area contributed by atoms with E-state index >= 15 is 0 Å². The van der Waals surface area contributed by atoms with Crippen LogP contribution in [0, 0.1) is 18.6 Å². The predicted octanol–water partition coefficient (Wildman–Crippen LogP) is 3.32. The number of aryl methyl sites for hydroxylation is 1. The first kappa shape index (κ1) is 19.2. The number of hydrogen-bond donors (Lipinski definition) is 2. The van der Waals surface area contributed by atoms with Crippen LogP contribution >= 0.6 is 0 Å². The lowest BCUT2D eigenvalue weighted by atomic mass is 10.1. The molecular weight excluding hydrogens is 366 g/mol. The number of amides is 2. The average molecular weight is 384 g/mol. The van der Waals surface area contributed by atoms with Crippen LogP contribution in [0.5, 0.6) is 0 Å². The monoisotopic (exact) mass is 384 g/mol. The van der Waals surface area contributed by atoms with Gasteiger partial charge < -0.3 is 10.6 Å². The molecule has 0 atom stereocenters. The molecule has 0 aliphatic carbocycles. The zero-order valence-electron chi connectivity index (χ0n) is 15.1. The van der Waals surface area contributed by atoms with Crippen molar-refractivity contribution in [1.82, 2.24) is 15.1 Å². The van der Waals surface area contributed by atoms with E-state index in [9.17, 15) is 18.4 Å². The standard InChI is InChI=1S/C20H18F2N4O2/c1-13-2-4-14(5-3-13)17-8-9-19(27)26(25-17)11-10-23-20(28)24-18-12-15(21)6-7-16(18)22/h2-9,12H,10-11H2,1H3,(H2,23,24,28). The number of nitrogens with zero attached hydrogens (tertiary/aromatic N) is 2. The number of carbonyl (C=O) groups excluding carboxylic acids is 1. The summed E-state index contributed by atoms with van der Waals surface area (Å²) in [5.74, 6) is -1.42. The SMILES string of the molecule is Cc1ccc(-c2ccc(=O)n(CCNC(=O)Nc3cc(F)ccc3F)n2)cc1. The molecule has 8 heteroatoms. The second-order valence-corrected chi connectivity index (χ2v) is 6.15. The minimum absolute atomic E-state index is 0.0764. The molecule has 144 valence electrons. The van der Waals surface area contributed by atoms with Crippen molar-refractivity contribution >= 4 is 11.7 Å². The maximum atomic E-state index is 13.5. The van der Waals surface area contributed by atoms with Gasteiger partial charge in [-0.2, -0.15) is 5.10 Å². The number of carbonyl (C=O) groups is 1. The van der Waals surface area contributed by atoms with Gasteiger partial charge in [-0.05, 0) is 25.1 Å². The van der Waals surface area contributed by atoms with Crippen LogP contribution in [0.15, 0.2) is 59.4 Å². The van der Waals surface area contributed by atoms with Crippen LogP contribution in [-0.4, -0.2) is 22.4 Å². The molecule has 0 radical (unpaired) electrons. The summed E-state index contributed by atoms with van der Waals surface area (Å²) in [7, 11) is 0. The van der Waals surface area contributed by atoms with Gasteiger partial charge in [0.1, 0.15) is 11.6 Å². The molecule has 2 N–H and O–H groups in total. The normalized spacial score (nSPS) is 10.5. The molecular formula is C20H18F2N4O2. The van der Waals surface area contributed by atoms with Crippen LogP contribution in [0.3, 0.4) is 0 Å². The Labute approximate surface area is 159 Å². The molecule has 3 rings (SSSR count). The fourth-order valence-electron chi connectivity index (χ4n) is 2.52. The molecule has 1 heterocycles. The van der Waals surface area contributed by atoms with Gasteiger partial charge in [-0.25, -0.2) is 18.3 Å². The molecule has 0 saturated carbocycles. The van der Waals surface area contributed by atoms with E-state index in [2.05, 4.69) is 15.7 Å². The molecule has 2 aromatic carbocycles. The van der Waals surface area contributed by atoms with Crippen molar-refractivity contribution in [2.24, 2.45) is 0 Å². The Morgan fingerprint density at radius 2 is 1.82 bits per heavy atom. The molecule has 0 saturated heterocycles. The number of aromatic nitrogens is 2. The van der Waals surface area contributed by atoms with Crippen LogP contribution in [0.4, 0.5) is 19.3 Å². The average Bonchev–Trinajstić information content (AvgIpc) is 2.67. The van der Waals surface area contributed by atoms with Crippen molar-refractivity contribution in [3.8, 4) is 11.3 Å². The zero-order valence-corrected chi connectivity index (χ0v) is 15.1. The van der Waals surface area contributed by atoms with Gasteiger partial charge in [-0.15, -0.1) is 0 Å². The van der Waals surface area contributed by atoms with Gasteiger partial charge in [-0.1, -0.05) is 29.8 Å². The van der Waals surface area contributed by atoms with Crippen molar-refractivity contribution in [3.05, 3.63) is 82.1 Å². The topological polar surface area (TPSA) is 76.0 Å². The van der Waals surface area contributed by atoms with Crippen molar-refractivity contribution in [2.45, 2.75) is 13.5 Å². The summed E-state index contributed by atoms with van der Waals surface area (Å²) < 4.78 is 27.9. The largest absolute Gasteiger partial charge is 0.336 e. The molecule has 2 amide bonds. The quantitative estimate of drug-likeness (QED) is 0.709. The second kappa shape index (κ2) is 8.43. The predicted molar refractivity (Wildman–Crippen MR) is 102 cm³/mol. The number of halogens is 2. The van der Waals surface area contributed by atoms with E-state index in [1.165, 1.54) is 10.7 Å². The van der Waals surface area contributed by atoms with E-state index in [0.29, 0.717) is 5.69 Å². The van der Waals surface area contributed by atoms with Gasteiger partial charge in [0.25, 0.3) is 5.56 Å². The zero-order chi connectivity index (χ0) is 20.1. The lowest BCUT2D eigenvalue weighted by Crippen LogP contribution is -2.34. The van der Waals surface area contributed by atoms with Gasteiger partial charge in [0.2, 0.25) is 0 Å². The Kier molecular flexibility index (Phi) is 5.78. The number of benzene rings is 2. The van der Waals surface area contributed by atoms with Crippen LogP contribution in [0.2, 0.25) is 0 Å². The molecule has 0 aliphatic rings. The molecule has 0 spiro atoms. The second-order valence-electron chi connectivity index (χ2n) is 6.15. The Morgan fingerprint density at radius 3 is 2.57 bits per heavy atom. The van der Waals surface area contributed by atoms with E-state index in [4.69, 9.17) is 0 Å². The summed E-state index contributed by atoms with van der Waals surface area (Å²) in [6, 6.07) is 12.8. The van der Waals surface area contributed by atoms with Crippen LogP contribution in [-0.2, 0) is 6.54 Å². The summed E-state index contributed by atoms with van der Waals surface area (Å²) in [5, 5.41) is 9.00. The van der Waals surface area contributed by atoms with Gasteiger partial charge >= 0.3 is 6.03 Å². The maximum absolute atomic E-state index is 13.5. The molecule has 0 unspecified atom stereocenters. The third kappa shape index (κ3) is 4.79. The summed E-state index contributed by atoms with van der Waals surface area (Å²) in [5.41, 5.74) is 2.03. The van der Waals surface area contributed by atoms with E-state index in [1.807, 2.05) is 31.2 Å². The Morgan fingerprint density at radius 1 is 1.07 bits per heavy atom. The minimum atomic E-state index is -0.750. The first-order valence-electron chi connectivity index (χ1n) is 8.57. The molecule has 0 fully saturated rings. The van der Waals surface area contributed by atoms with E-state index in [-0.39, 0.29) is 24.3 Å². The highest BCUT2D eigenvalue weighted by molar-refractivity contribution is 5.89. The molecule has 6 nitrogen and oxygen atoms in total. The highest BCUT2D eigenvalue weighted by atomic mass is 19.1. The Bertz CT molecular complexity index is 1050. The molecule has 3 aromatic rings. The van der Waals surface area contributed by atoms with Crippen LogP contribution < -0.4 is 16.2 Å². The van der Waals surface area contributed by atoms with E-state index < -0.39 is 17.7 Å². The fourth-order valence-corrected chi connectivity index (χ4v) is 2.52. The first-order chi connectivity index (χ1) is 13.4. The van der Waals surface area contributed by atoms with Crippen molar-refractivity contribution in [2.75, 3.05) is 11.9 Å². The fraction of sp³-hybridized carbons (Fsp3) is 0.150. The molecule has 1 aromatic heterocycles. The Hall–Kier alpha value is -3.55. The van der Waals surface area contributed by atoms with Gasteiger partial charge in [0.15, 0.2) is 0 Å². The van der Waals surface area contributed by atoms with Gasteiger partial charge in [0.05, 0.1) is 17.9 Å². The van der Waals surface area contributed by atoms with Gasteiger partial charge in [-0.3, -0.25) is 4.79 Å². The number of nitrogens with one attached hydrogen (secondary N) is 2. The van der Waals surface area contributed by atoms with Crippen molar-refractivity contribution < 1.29 is 13.6 Å². The lowest BCUT2D eigenvalue weighted by molar-refractivity contribution is 0.251. The summed E-state index contributed by atoms with van der Waals surface area (Å²) in [6.45, 7) is 2.18. The Balaban J connectivity index is 1.62. The number of hydrogen-bond acceptors (Lipinski definition) is 3. The molecule has 0 bridgehead atoms. The maximum Gasteiger partial charge on any atom is 0.319 e. The lowest BCUT2D eigenvalue weighted by Gasteiger charge is -2.10. The van der Waals surface area contributed by atoms with Gasteiger partial charge in [0, 0.05) is 24.2 Å². The van der Waals surface area contributed by atoms with Crippen LogP contribution in [0.25, 0.3) is 11.3 Å². The third-order valence-corrected chi connectivity index (χ3v) is 4.00. The van der Waals surface area contributed by atoms with Crippen molar-refractivity contribution in [1.29, 1.82) is 0 Å². The highest BCUT2D eigenvalue weighted by Crippen LogP contribution is 2.16. The first-order valence-corrected chi connectivity index (χ1v) is 8.57. The smallest absolute Gasteiger partial charge is 0.319 e. The minimum Gasteiger partial charge on any atom is -0.336 e. The third-order valence-electron chi connectivity index (χ3n) is 4.00.